The number of hydrogen-bond acceptors (Lipinski definition) is 7. The first-order chi connectivity index (χ1) is 15.9. The predicted octanol–water partition coefficient (Wildman–Crippen LogP) is 4.17. The fourth-order valence-electron chi connectivity index (χ4n) is 4.32. The molecule has 0 unspecified atom stereocenters. The second-order valence-corrected chi connectivity index (χ2v) is 12.2. The van der Waals surface area contributed by atoms with Crippen LogP contribution in [-0.2, 0) is 16.4 Å². The summed E-state index contributed by atoms with van der Waals surface area (Å²) in [5.74, 6) is -0.0388. The normalized spacial score (nSPS) is 16.8. The van der Waals surface area contributed by atoms with Crippen LogP contribution in [0.2, 0.25) is 0 Å². The maximum Gasteiger partial charge on any atom is 0.284 e. The molecule has 1 amide bonds. The summed E-state index contributed by atoms with van der Waals surface area (Å²) < 4.78 is 26.6. The lowest BCUT2D eigenvalue weighted by Gasteiger charge is -2.29. The van der Waals surface area contributed by atoms with Gasteiger partial charge in [0.25, 0.3) is 5.91 Å². The van der Waals surface area contributed by atoms with Gasteiger partial charge in [0.05, 0.1) is 16.9 Å². The molecule has 1 aromatic carbocycles. The Morgan fingerprint density at radius 2 is 1.88 bits per heavy atom. The molecule has 1 aromatic heterocycles. The third-order valence-corrected chi connectivity index (χ3v) is 9.28. The lowest BCUT2D eigenvalue weighted by atomic mass is 9.89. The van der Waals surface area contributed by atoms with Gasteiger partial charge in [0, 0.05) is 18.0 Å². The van der Waals surface area contributed by atoms with Crippen LogP contribution in [-0.4, -0.2) is 37.6 Å². The van der Waals surface area contributed by atoms with Crippen LogP contribution in [0.1, 0.15) is 71.4 Å². The van der Waals surface area contributed by atoms with Gasteiger partial charge in [0.2, 0.25) is 10.0 Å². The Morgan fingerprint density at radius 3 is 2.52 bits per heavy atom. The monoisotopic (exact) mass is 486 g/mol. The second-order valence-electron chi connectivity index (χ2n) is 9.09. The van der Waals surface area contributed by atoms with Gasteiger partial charge in [-0.3, -0.25) is 4.79 Å². The van der Waals surface area contributed by atoms with Gasteiger partial charge in [-0.05, 0) is 62.6 Å². The average Bonchev–Trinajstić information content (AvgIpc) is 3.60. The minimum atomic E-state index is -3.61. The van der Waals surface area contributed by atoms with Crippen molar-refractivity contribution in [3.8, 4) is 6.07 Å². The molecule has 1 N–H and O–H groups in total. The molecule has 2 aromatic rings. The van der Waals surface area contributed by atoms with Crippen LogP contribution < -0.4 is 9.62 Å². The lowest BCUT2D eigenvalue weighted by molar-refractivity contribution is 0.0976. The largest absolute Gasteiger partial charge is 0.347 e. The first kappa shape index (κ1) is 23.7. The summed E-state index contributed by atoms with van der Waals surface area (Å²) in [7, 11) is -3.61. The van der Waals surface area contributed by atoms with Crippen LogP contribution >= 0.6 is 11.3 Å². The van der Waals surface area contributed by atoms with E-state index in [1.54, 1.807) is 0 Å². The molecule has 0 atom stereocenters. The van der Waals surface area contributed by atoms with Gasteiger partial charge in [-0.1, -0.05) is 31.4 Å². The standard InChI is InChI=1S/C24H30N4O3S2/c1-17-22(23(29)27-33(30,31)21-11-12-21)26-24(32-17)28(16-20-5-3-2-4-6-20)14-13-18-7-9-19(15-25)10-8-18/h7-10,20-21H,2-6,11-14,16H2,1H3,(H,27,29). The van der Waals surface area contributed by atoms with Crippen molar-refractivity contribution in [3.63, 3.8) is 0 Å². The highest BCUT2D eigenvalue weighted by molar-refractivity contribution is 7.91. The zero-order chi connectivity index (χ0) is 23.4. The summed E-state index contributed by atoms with van der Waals surface area (Å²) in [6, 6.07) is 9.76. The van der Waals surface area contributed by atoms with Crippen LogP contribution in [0.3, 0.4) is 0 Å². The minimum Gasteiger partial charge on any atom is -0.347 e. The third-order valence-electron chi connectivity index (χ3n) is 6.43. The number of aromatic nitrogens is 1. The molecule has 2 aliphatic carbocycles. The van der Waals surface area contributed by atoms with E-state index in [4.69, 9.17) is 5.26 Å². The summed E-state index contributed by atoms with van der Waals surface area (Å²) in [4.78, 5) is 20.3. The third kappa shape index (κ3) is 6.12. The number of carbonyl (C=O) groups excluding carboxylic acids is 1. The van der Waals surface area contributed by atoms with Crippen LogP contribution in [0, 0.1) is 24.2 Å². The second kappa shape index (κ2) is 10.2. The van der Waals surface area contributed by atoms with Gasteiger partial charge < -0.3 is 4.90 Å². The molecule has 2 saturated carbocycles. The van der Waals surface area contributed by atoms with Gasteiger partial charge in [-0.15, -0.1) is 11.3 Å². The molecule has 0 aliphatic heterocycles. The fourth-order valence-corrected chi connectivity index (χ4v) is 6.54. The molecule has 0 spiro atoms. The number of carbonyl (C=O) groups is 1. The van der Waals surface area contributed by atoms with E-state index in [2.05, 4.69) is 20.7 Å². The molecule has 0 radical (unpaired) electrons. The highest BCUT2D eigenvalue weighted by atomic mass is 32.2. The van der Waals surface area contributed by atoms with Gasteiger partial charge in [0.1, 0.15) is 5.69 Å². The Hall–Kier alpha value is -2.44. The molecule has 176 valence electrons. The molecular weight excluding hydrogens is 456 g/mol. The quantitative estimate of drug-likeness (QED) is 0.570. The number of anilines is 1. The Labute approximate surface area is 199 Å². The van der Waals surface area contributed by atoms with Gasteiger partial charge in [0.15, 0.2) is 5.13 Å². The number of sulfonamides is 1. The van der Waals surface area contributed by atoms with Crippen molar-refractivity contribution in [1.29, 1.82) is 5.26 Å². The summed E-state index contributed by atoms with van der Waals surface area (Å²) in [6.07, 6.45) is 8.19. The SMILES string of the molecule is Cc1sc(N(CCc2ccc(C#N)cc2)CC2CCCCC2)nc1C(=O)NS(=O)(=O)C1CC1. The van der Waals surface area contributed by atoms with Crippen molar-refractivity contribution in [1.82, 2.24) is 9.71 Å². The number of nitrogens with one attached hydrogen (secondary N) is 1. The lowest BCUT2D eigenvalue weighted by Crippen LogP contribution is -2.34. The highest BCUT2D eigenvalue weighted by Gasteiger charge is 2.37. The van der Waals surface area contributed by atoms with E-state index in [1.165, 1.54) is 43.4 Å². The van der Waals surface area contributed by atoms with Crippen molar-refractivity contribution in [2.24, 2.45) is 5.92 Å². The van der Waals surface area contributed by atoms with Crippen molar-refractivity contribution < 1.29 is 13.2 Å². The number of rotatable bonds is 9. The number of hydrogen-bond donors (Lipinski definition) is 1. The van der Waals surface area contributed by atoms with E-state index in [0.29, 0.717) is 24.3 Å². The number of amides is 1. The molecule has 9 heteroatoms. The molecule has 7 nitrogen and oxygen atoms in total. The number of benzene rings is 1. The van der Waals surface area contributed by atoms with Gasteiger partial charge in [-0.2, -0.15) is 5.26 Å². The number of thiazole rings is 1. The van der Waals surface area contributed by atoms with Crippen LogP contribution in [0.4, 0.5) is 5.13 Å². The van der Waals surface area contributed by atoms with Gasteiger partial charge >= 0.3 is 0 Å². The topological polar surface area (TPSA) is 103 Å². The van der Waals surface area contributed by atoms with E-state index < -0.39 is 21.2 Å². The van der Waals surface area contributed by atoms with E-state index >= 15 is 0 Å². The van der Waals surface area contributed by atoms with Crippen molar-refractivity contribution in [2.45, 2.75) is 63.5 Å². The van der Waals surface area contributed by atoms with Gasteiger partial charge in [-0.25, -0.2) is 18.1 Å². The molecule has 0 bridgehead atoms. The van der Waals surface area contributed by atoms with Crippen LogP contribution in [0.5, 0.6) is 0 Å². The summed E-state index contributed by atoms with van der Waals surface area (Å²) in [5, 5.41) is 9.34. The Balaban J connectivity index is 1.50. The van der Waals surface area contributed by atoms with Crippen LogP contribution in [0.25, 0.3) is 0 Å². The van der Waals surface area contributed by atoms with E-state index in [0.717, 1.165) is 35.1 Å². The van der Waals surface area contributed by atoms with Crippen molar-refractivity contribution in [3.05, 3.63) is 46.0 Å². The molecule has 2 aliphatic rings. The molecule has 33 heavy (non-hydrogen) atoms. The zero-order valence-electron chi connectivity index (χ0n) is 18.9. The fraction of sp³-hybridized carbons (Fsp3) is 0.542. The Morgan fingerprint density at radius 1 is 1.18 bits per heavy atom. The predicted molar refractivity (Wildman–Crippen MR) is 130 cm³/mol. The van der Waals surface area contributed by atoms with E-state index in [9.17, 15) is 13.2 Å². The number of nitriles is 1. The molecule has 1 heterocycles. The Bertz CT molecular complexity index is 1130. The van der Waals surface area contributed by atoms with Crippen LogP contribution in [0.15, 0.2) is 24.3 Å². The van der Waals surface area contributed by atoms with Crippen molar-refractivity contribution >= 4 is 32.4 Å². The first-order valence-electron chi connectivity index (χ1n) is 11.6. The summed E-state index contributed by atoms with van der Waals surface area (Å²) in [5.41, 5.74) is 1.99. The molecule has 2 fully saturated rings. The van der Waals surface area contributed by atoms with E-state index in [1.807, 2.05) is 31.2 Å². The number of nitrogens with zero attached hydrogens (tertiary/aromatic N) is 3. The van der Waals surface area contributed by atoms with E-state index in [-0.39, 0.29) is 5.69 Å². The molecule has 4 rings (SSSR count). The summed E-state index contributed by atoms with van der Waals surface area (Å²) >= 11 is 1.45. The molecule has 0 saturated heterocycles. The summed E-state index contributed by atoms with van der Waals surface area (Å²) in [6.45, 7) is 3.45. The highest BCUT2D eigenvalue weighted by Crippen LogP contribution is 2.31. The molecular formula is C24H30N4O3S2. The average molecular weight is 487 g/mol. The maximum absolute atomic E-state index is 12.7. The van der Waals surface area contributed by atoms with Crippen molar-refractivity contribution in [2.75, 3.05) is 18.0 Å². The zero-order valence-corrected chi connectivity index (χ0v) is 20.6. The number of aryl methyl sites for hydroxylation is 1. The minimum absolute atomic E-state index is 0.200. The maximum atomic E-state index is 12.7. The smallest absolute Gasteiger partial charge is 0.284 e. The Kier molecular flexibility index (Phi) is 7.35. The first-order valence-corrected chi connectivity index (χ1v) is 14.0.